The van der Waals surface area contributed by atoms with Gasteiger partial charge in [0.05, 0.1) is 5.92 Å². The highest BCUT2D eigenvalue weighted by Crippen LogP contribution is 2.33. The first kappa shape index (κ1) is 25.3. The van der Waals surface area contributed by atoms with Gasteiger partial charge in [0.2, 0.25) is 0 Å². The highest BCUT2D eigenvalue weighted by molar-refractivity contribution is 7.99. The Balaban J connectivity index is 1.49. The highest BCUT2D eigenvalue weighted by Gasteiger charge is 2.23. The maximum Gasteiger partial charge on any atom is 0.311 e. The van der Waals surface area contributed by atoms with Crippen LogP contribution in [0.25, 0.3) is 0 Å². The average Bonchev–Trinajstić information content (AvgIpc) is 2.89. The van der Waals surface area contributed by atoms with Crippen LogP contribution in [0.3, 0.4) is 0 Å². The van der Waals surface area contributed by atoms with E-state index in [1.165, 1.54) is 102 Å². The molecule has 0 saturated heterocycles. The van der Waals surface area contributed by atoms with Crippen molar-refractivity contribution in [2.24, 2.45) is 0 Å². The smallest absolute Gasteiger partial charge is 0.311 e. The van der Waals surface area contributed by atoms with E-state index in [2.05, 4.69) is 19.1 Å². The molecule has 0 fully saturated rings. The third-order valence-corrected chi connectivity index (χ3v) is 7.83. The van der Waals surface area contributed by atoms with Crippen LogP contribution in [0.15, 0.2) is 24.3 Å². The number of carboxylic acid groups (broad SMARTS) is 1. The Morgan fingerprint density at radius 3 is 1.73 bits per heavy atom. The van der Waals surface area contributed by atoms with Crippen LogP contribution >= 0.6 is 11.8 Å². The number of thioether (sulfide) groups is 1. The van der Waals surface area contributed by atoms with Gasteiger partial charge in [0.15, 0.2) is 0 Å². The van der Waals surface area contributed by atoms with Crippen molar-refractivity contribution >= 4 is 17.7 Å². The number of hydrogen-bond acceptors (Lipinski definition) is 2. The minimum absolute atomic E-state index is 0.358. The molecule has 0 aliphatic carbocycles. The Labute approximate surface area is 189 Å². The largest absolute Gasteiger partial charge is 0.481 e. The molecule has 2 bridgehead atoms. The summed E-state index contributed by atoms with van der Waals surface area (Å²) < 4.78 is 0. The van der Waals surface area contributed by atoms with Gasteiger partial charge in [-0.3, -0.25) is 4.79 Å². The molecule has 2 atom stereocenters. The molecule has 2 heterocycles. The van der Waals surface area contributed by atoms with Gasteiger partial charge in [-0.05, 0) is 23.5 Å². The number of rotatable bonds is 16. The molecule has 0 saturated carbocycles. The molecule has 2 aliphatic rings. The number of fused-ring (bicyclic) bond motifs is 6. The summed E-state index contributed by atoms with van der Waals surface area (Å²) in [4.78, 5) is 11.5. The SMILES string of the molecule is CCCCCCCCCCCCCCCCC1CSCC(C(=O)O)c2ccc1cc2. The summed E-state index contributed by atoms with van der Waals surface area (Å²) in [5.74, 6) is 1.28. The number of aliphatic carboxylic acids is 1. The number of carbonyl (C=O) groups is 1. The van der Waals surface area contributed by atoms with E-state index in [4.69, 9.17) is 0 Å². The maximum atomic E-state index is 11.5. The van der Waals surface area contributed by atoms with Crippen LogP contribution in [0.5, 0.6) is 0 Å². The first-order valence-electron chi connectivity index (χ1n) is 12.6. The van der Waals surface area contributed by atoms with Gasteiger partial charge < -0.3 is 5.11 Å². The zero-order valence-electron chi connectivity index (χ0n) is 19.2. The summed E-state index contributed by atoms with van der Waals surface area (Å²) in [5.41, 5.74) is 2.35. The summed E-state index contributed by atoms with van der Waals surface area (Å²) in [7, 11) is 0. The quantitative estimate of drug-likeness (QED) is 0.266. The van der Waals surface area contributed by atoms with E-state index in [-0.39, 0.29) is 5.92 Å². The molecule has 1 aromatic rings. The van der Waals surface area contributed by atoms with E-state index in [1.54, 1.807) is 0 Å². The van der Waals surface area contributed by atoms with Gasteiger partial charge in [0.1, 0.15) is 0 Å². The molecule has 0 aromatic heterocycles. The Hall–Kier alpha value is -0.960. The molecule has 0 radical (unpaired) electrons. The summed E-state index contributed by atoms with van der Waals surface area (Å²) in [6.45, 7) is 2.28. The first-order chi connectivity index (χ1) is 14.7. The number of carboxylic acids is 1. The fourth-order valence-corrected chi connectivity index (χ4v) is 5.92. The van der Waals surface area contributed by atoms with Crippen molar-refractivity contribution in [1.82, 2.24) is 0 Å². The molecule has 2 aliphatic heterocycles. The van der Waals surface area contributed by atoms with Gasteiger partial charge in [-0.25, -0.2) is 0 Å². The van der Waals surface area contributed by atoms with E-state index in [0.717, 1.165) is 11.3 Å². The second-order valence-corrected chi connectivity index (χ2v) is 10.3. The van der Waals surface area contributed by atoms with Crippen LogP contribution in [0.1, 0.15) is 126 Å². The molecule has 3 heteroatoms. The van der Waals surface area contributed by atoms with Crippen LogP contribution in [0.2, 0.25) is 0 Å². The highest BCUT2D eigenvalue weighted by atomic mass is 32.2. The first-order valence-corrected chi connectivity index (χ1v) is 13.8. The predicted octanol–water partition coefficient (Wildman–Crippen LogP) is 8.56. The fourth-order valence-electron chi connectivity index (χ4n) is 4.57. The zero-order chi connectivity index (χ0) is 21.4. The van der Waals surface area contributed by atoms with E-state index in [9.17, 15) is 9.90 Å². The fraction of sp³-hybridized carbons (Fsp3) is 0.741. The van der Waals surface area contributed by atoms with Gasteiger partial charge in [-0.15, -0.1) is 0 Å². The normalized spacial score (nSPS) is 18.7. The van der Waals surface area contributed by atoms with Crippen molar-refractivity contribution < 1.29 is 9.90 Å². The Morgan fingerprint density at radius 2 is 1.23 bits per heavy atom. The minimum atomic E-state index is -0.694. The summed E-state index contributed by atoms with van der Waals surface area (Å²) in [6.07, 6.45) is 20.9. The molecule has 1 aromatic carbocycles. The Morgan fingerprint density at radius 1 is 0.767 bits per heavy atom. The van der Waals surface area contributed by atoms with Gasteiger partial charge in [0.25, 0.3) is 0 Å². The van der Waals surface area contributed by atoms with Crippen LogP contribution in [-0.2, 0) is 4.79 Å². The van der Waals surface area contributed by atoms with Crippen LogP contribution in [0.4, 0.5) is 0 Å². The van der Waals surface area contributed by atoms with Crippen molar-refractivity contribution in [3.8, 4) is 0 Å². The monoisotopic (exact) mass is 432 g/mol. The van der Waals surface area contributed by atoms with Crippen molar-refractivity contribution in [3.63, 3.8) is 0 Å². The molecule has 3 rings (SSSR count). The average molecular weight is 433 g/mol. The van der Waals surface area contributed by atoms with Crippen LogP contribution in [-0.4, -0.2) is 22.6 Å². The molecular formula is C27H44O2S. The number of benzene rings is 1. The zero-order valence-corrected chi connectivity index (χ0v) is 20.1. The standard InChI is InChI=1S/C27H44O2S/c1-2-3-4-5-6-7-8-9-10-11-12-13-14-15-16-25-21-30-22-26(27(28)29)24-19-17-23(25)18-20-24/h17-20,25-26H,2-16,21-22H2,1H3,(H,28,29). The Bertz CT molecular complexity index is 569. The number of hydrogen-bond donors (Lipinski definition) is 1. The van der Waals surface area contributed by atoms with E-state index in [0.29, 0.717) is 11.7 Å². The van der Waals surface area contributed by atoms with E-state index in [1.807, 2.05) is 23.9 Å². The van der Waals surface area contributed by atoms with Gasteiger partial charge >= 0.3 is 5.97 Å². The molecule has 0 amide bonds. The van der Waals surface area contributed by atoms with Crippen molar-refractivity contribution in [2.75, 3.05) is 11.5 Å². The summed E-state index contributed by atoms with van der Waals surface area (Å²) in [5, 5.41) is 9.47. The second-order valence-electron chi connectivity index (χ2n) is 9.18. The lowest BCUT2D eigenvalue weighted by Gasteiger charge is -2.16. The number of unbranched alkanes of at least 4 members (excludes halogenated alkanes) is 13. The molecule has 1 N–H and O–H groups in total. The predicted molar refractivity (Wildman–Crippen MR) is 132 cm³/mol. The molecule has 0 spiro atoms. The maximum absolute atomic E-state index is 11.5. The van der Waals surface area contributed by atoms with Crippen molar-refractivity contribution in [3.05, 3.63) is 35.4 Å². The van der Waals surface area contributed by atoms with Crippen LogP contribution in [0, 0.1) is 0 Å². The third-order valence-electron chi connectivity index (χ3n) is 6.62. The molecule has 170 valence electrons. The Kier molecular flexibility index (Phi) is 13.3. The lowest BCUT2D eigenvalue weighted by atomic mass is 9.92. The molecule has 30 heavy (non-hydrogen) atoms. The van der Waals surface area contributed by atoms with Gasteiger partial charge in [-0.2, -0.15) is 11.8 Å². The third kappa shape index (κ3) is 9.90. The minimum Gasteiger partial charge on any atom is -0.481 e. The van der Waals surface area contributed by atoms with Gasteiger partial charge in [0, 0.05) is 11.5 Å². The lowest BCUT2D eigenvalue weighted by molar-refractivity contribution is -0.138. The second kappa shape index (κ2) is 15.8. The van der Waals surface area contributed by atoms with E-state index < -0.39 is 5.97 Å². The van der Waals surface area contributed by atoms with Crippen molar-refractivity contribution in [1.29, 1.82) is 0 Å². The van der Waals surface area contributed by atoms with Crippen LogP contribution < -0.4 is 0 Å². The lowest BCUT2D eigenvalue weighted by Crippen LogP contribution is -2.14. The van der Waals surface area contributed by atoms with Crippen molar-refractivity contribution in [2.45, 2.75) is 115 Å². The molecular weight excluding hydrogens is 388 g/mol. The van der Waals surface area contributed by atoms with E-state index >= 15 is 0 Å². The molecule has 2 unspecified atom stereocenters. The summed E-state index contributed by atoms with van der Waals surface area (Å²) >= 11 is 1.82. The summed E-state index contributed by atoms with van der Waals surface area (Å²) in [6, 6.07) is 8.42. The topological polar surface area (TPSA) is 37.3 Å². The van der Waals surface area contributed by atoms with Gasteiger partial charge in [-0.1, -0.05) is 121 Å². The molecule has 2 nitrogen and oxygen atoms in total.